The number of anilines is 1. The molecule has 0 spiro atoms. The third-order valence-electron chi connectivity index (χ3n) is 5.73. The second-order valence-corrected chi connectivity index (χ2v) is 7.67. The predicted octanol–water partition coefficient (Wildman–Crippen LogP) is 2.86. The molecule has 2 aliphatic rings. The fourth-order valence-electron chi connectivity index (χ4n) is 3.95. The summed E-state index contributed by atoms with van der Waals surface area (Å²) in [6, 6.07) is 5.90. The number of hydrogen-bond acceptors (Lipinski definition) is 4. The van der Waals surface area contributed by atoms with Gasteiger partial charge in [0.05, 0.1) is 0 Å². The molecule has 28 heavy (non-hydrogen) atoms. The Morgan fingerprint density at radius 1 is 1.11 bits per heavy atom. The number of nitrogens with zero attached hydrogens (tertiary/aromatic N) is 4. The van der Waals surface area contributed by atoms with Crippen LogP contribution in [0.1, 0.15) is 45.4 Å². The molecule has 2 amide bonds. The van der Waals surface area contributed by atoms with Crippen LogP contribution in [-0.2, 0) is 9.59 Å². The lowest BCUT2D eigenvalue weighted by atomic mass is 9.97. The van der Waals surface area contributed by atoms with Crippen molar-refractivity contribution in [1.82, 2.24) is 14.8 Å². The van der Waals surface area contributed by atoms with E-state index in [1.165, 1.54) is 24.8 Å². The molecule has 152 valence electrons. The molecular weight excluding hydrogens is 352 g/mol. The number of piperazine rings is 1. The zero-order valence-corrected chi connectivity index (χ0v) is 17.0. The van der Waals surface area contributed by atoms with Crippen LogP contribution in [0.15, 0.2) is 36.0 Å². The number of carbonyl (C=O) groups is 2. The zero-order chi connectivity index (χ0) is 19.8. The van der Waals surface area contributed by atoms with Gasteiger partial charge in [-0.3, -0.25) is 9.59 Å². The number of pyridine rings is 1. The van der Waals surface area contributed by atoms with E-state index in [-0.39, 0.29) is 11.8 Å². The number of carbonyl (C=O) groups excluding carboxylic acids is 2. The Balaban J connectivity index is 1.42. The fourth-order valence-corrected chi connectivity index (χ4v) is 3.95. The van der Waals surface area contributed by atoms with Crippen LogP contribution in [0.4, 0.5) is 5.82 Å². The highest BCUT2D eigenvalue weighted by atomic mass is 16.2. The summed E-state index contributed by atoms with van der Waals surface area (Å²) in [5.41, 5.74) is 1.47. The summed E-state index contributed by atoms with van der Waals surface area (Å²) >= 11 is 0. The molecule has 0 aromatic carbocycles. The van der Waals surface area contributed by atoms with Gasteiger partial charge in [-0.2, -0.15) is 0 Å². The minimum absolute atomic E-state index is 0.0594. The first-order chi connectivity index (χ1) is 13.6. The van der Waals surface area contributed by atoms with Crippen molar-refractivity contribution in [2.45, 2.75) is 45.4 Å². The van der Waals surface area contributed by atoms with Crippen LogP contribution in [0, 0.1) is 0 Å². The third kappa shape index (κ3) is 5.81. The van der Waals surface area contributed by atoms with Crippen molar-refractivity contribution in [2.75, 3.05) is 44.2 Å². The molecule has 0 radical (unpaired) electrons. The highest BCUT2D eigenvalue weighted by Crippen LogP contribution is 2.20. The molecule has 1 aliphatic carbocycles. The molecule has 1 aromatic rings. The Bertz CT molecular complexity index is 681. The summed E-state index contributed by atoms with van der Waals surface area (Å²) in [7, 11) is 0. The van der Waals surface area contributed by atoms with Gasteiger partial charge in [0.15, 0.2) is 0 Å². The van der Waals surface area contributed by atoms with Gasteiger partial charge in [0, 0.05) is 58.8 Å². The van der Waals surface area contributed by atoms with Crippen LogP contribution in [0.5, 0.6) is 0 Å². The van der Waals surface area contributed by atoms with Crippen LogP contribution in [0.2, 0.25) is 0 Å². The molecule has 1 saturated heterocycles. The molecule has 1 aliphatic heterocycles. The van der Waals surface area contributed by atoms with E-state index in [1.807, 2.05) is 28.0 Å². The fraction of sp³-hybridized carbons (Fsp3) is 0.591. The molecular formula is C22H32N4O2. The van der Waals surface area contributed by atoms with E-state index in [4.69, 9.17) is 0 Å². The van der Waals surface area contributed by atoms with Gasteiger partial charge in [0.1, 0.15) is 5.82 Å². The molecule has 0 N–H and O–H groups in total. The monoisotopic (exact) mass is 384 g/mol. The molecule has 0 unspecified atom stereocenters. The summed E-state index contributed by atoms with van der Waals surface area (Å²) in [6.07, 6.45) is 10.3. The van der Waals surface area contributed by atoms with E-state index in [1.54, 1.807) is 13.1 Å². The van der Waals surface area contributed by atoms with Crippen molar-refractivity contribution in [3.05, 3.63) is 36.0 Å². The van der Waals surface area contributed by atoms with Crippen molar-refractivity contribution in [3.63, 3.8) is 0 Å². The van der Waals surface area contributed by atoms with E-state index >= 15 is 0 Å². The lowest BCUT2D eigenvalue weighted by Gasteiger charge is -2.35. The van der Waals surface area contributed by atoms with Crippen molar-refractivity contribution < 1.29 is 9.59 Å². The van der Waals surface area contributed by atoms with E-state index in [0.29, 0.717) is 26.1 Å². The van der Waals surface area contributed by atoms with Gasteiger partial charge < -0.3 is 14.7 Å². The summed E-state index contributed by atoms with van der Waals surface area (Å²) in [4.78, 5) is 34.9. The standard InChI is InChI=1S/C22H32N4O2/c1-19(27)24(13-10-20-7-3-2-4-8-20)14-11-22(28)26-17-15-25(16-18-26)21-9-5-6-12-23-21/h5-7,9,12H,2-4,8,10-11,13-18H2,1H3. The highest BCUT2D eigenvalue weighted by molar-refractivity contribution is 5.78. The van der Waals surface area contributed by atoms with Crippen LogP contribution in [-0.4, -0.2) is 65.9 Å². The molecule has 0 saturated carbocycles. The molecule has 6 heteroatoms. The van der Waals surface area contributed by atoms with E-state index in [0.717, 1.165) is 38.3 Å². The normalized spacial score (nSPS) is 17.2. The van der Waals surface area contributed by atoms with Gasteiger partial charge in [0.2, 0.25) is 11.8 Å². The molecule has 3 rings (SSSR count). The van der Waals surface area contributed by atoms with Gasteiger partial charge in [-0.1, -0.05) is 17.7 Å². The zero-order valence-electron chi connectivity index (χ0n) is 17.0. The minimum atomic E-state index is 0.0594. The summed E-state index contributed by atoms with van der Waals surface area (Å²) in [5.74, 6) is 1.17. The third-order valence-corrected chi connectivity index (χ3v) is 5.73. The average Bonchev–Trinajstić information content (AvgIpc) is 2.75. The lowest BCUT2D eigenvalue weighted by Crippen LogP contribution is -2.49. The lowest BCUT2D eigenvalue weighted by molar-refractivity contribution is -0.133. The molecule has 1 fully saturated rings. The van der Waals surface area contributed by atoms with Gasteiger partial charge >= 0.3 is 0 Å². The number of allylic oxidation sites excluding steroid dienone is 1. The Kier molecular flexibility index (Phi) is 7.46. The summed E-state index contributed by atoms with van der Waals surface area (Å²) in [6.45, 7) is 5.86. The Morgan fingerprint density at radius 2 is 1.93 bits per heavy atom. The largest absolute Gasteiger partial charge is 0.353 e. The molecule has 6 nitrogen and oxygen atoms in total. The topological polar surface area (TPSA) is 56.8 Å². The SMILES string of the molecule is CC(=O)N(CCC(=O)N1CCN(c2ccccn2)CC1)CCC1=CCCCC1. The first-order valence-corrected chi connectivity index (χ1v) is 10.5. The number of amides is 2. The Labute approximate surface area is 168 Å². The van der Waals surface area contributed by atoms with Crippen LogP contribution in [0.25, 0.3) is 0 Å². The first-order valence-electron chi connectivity index (χ1n) is 10.5. The summed E-state index contributed by atoms with van der Waals surface area (Å²) < 4.78 is 0. The van der Waals surface area contributed by atoms with Crippen molar-refractivity contribution in [2.24, 2.45) is 0 Å². The van der Waals surface area contributed by atoms with Gasteiger partial charge in [-0.15, -0.1) is 0 Å². The second kappa shape index (κ2) is 10.2. The Morgan fingerprint density at radius 3 is 2.57 bits per heavy atom. The van der Waals surface area contributed by atoms with Gasteiger partial charge in [-0.25, -0.2) is 4.98 Å². The maximum Gasteiger partial charge on any atom is 0.224 e. The smallest absolute Gasteiger partial charge is 0.224 e. The van der Waals surface area contributed by atoms with E-state index in [2.05, 4.69) is 16.0 Å². The van der Waals surface area contributed by atoms with Crippen molar-refractivity contribution in [1.29, 1.82) is 0 Å². The molecule has 0 atom stereocenters. The van der Waals surface area contributed by atoms with Crippen LogP contribution < -0.4 is 4.90 Å². The predicted molar refractivity (Wildman–Crippen MR) is 111 cm³/mol. The molecule has 0 bridgehead atoms. The second-order valence-electron chi connectivity index (χ2n) is 7.67. The molecule has 2 heterocycles. The number of rotatable bonds is 7. The molecule has 1 aromatic heterocycles. The van der Waals surface area contributed by atoms with Gasteiger partial charge in [0.25, 0.3) is 0 Å². The Hall–Kier alpha value is -2.37. The quantitative estimate of drug-likeness (QED) is 0.679. The van der Waals surface area contributed by atoms with Crippen LogP contribution in [0.3, 0.4) is 0 Å². The first kappa shape index (κ1) is 20.4. The van der Waals surface area contributed by atoms with Crippen LogP contribution >= 0.6 is 0 Å². The van der Waals surface area contributed by atoms with Crippen molar-refractivity contribution in [3.8, 4) is 0 Å². The van der Waals surface area contributed by atoms with Gasteiger partial charge in [-0.05, 0) is 44.2 Å². The highest BCUT2D eigenvalue weighted by Gasteiger charge is 2.22. The average molecular weight is 385 g/mol. The summed E-state index contributed by atoms with van der Waals surface area (Å²) in [5, 5.41) is 0. The number of aromatic nitrogens is 1. The maximum atomic E-state index is 12.6. The number of hydrogen-bond donors (Lipinski definition) is 0. The van der Waals surface area contributed by atoms with E-state index in [9.17, 15) is 9.59 Å². The van der Waals surface area contributed by atoms with Crippen molar-refractivity contribution >= 4 is 17.6 Å². The minimum Gasteiger partial charge on any atom is -0.353 e. The maximum absolute atomic E-state index is 12.6. The van der Waals surface area contributed by atoms with E-state index < -0.39 is 0 Å².